The van der Waals surface area contributed by atoms with Gasteiger partial charge in [-0.25, -0.2) is 0 Å². The first-order valence-corrected chi connectivity index (χ1v) is 6.71. The van der Waals surface area contributed by atoms with Crippen molar-refractivity contribution >= 4 is 21.6 Å². The number of nitrogens with one attached hydrogen (secondary N) is 1. The van der Waals surface area contributed by atoms with Crippen LogP contribution in [0.4, 0.5) is 5.69 Å². The number of likely N-dealkylation sites (N-methyl/N-ethyl adjacent to an activating group) is 1. The number of ether oxygens (including phenoxy) is 1. The van der Waals surface area contributed by atoms with Gasteiger partial charge in [0.05, 0.1) is 6.61 Å². The van der Waals surface area contributed by atoms with Crippen LogP contribution >= 0.6 is 15.9 Å². The van der Waals surface area contributed by atoms with Crippen LogP contribution in [-0.2, 0) is 11.3 Å². The van der Waals surface area contributed by atoms with Gasteiger partial charge in [0.1, 0.15) is 0 Å². The molecule has 1 heterocycles. The maximum Gasteiger partial charge on any atom is 0.0744 e. The van der Waals surface area contributed by atoms with Crippen LogP contribution in [0.15, 0.2) is 22.7 Å². The SMILES string of the molecule is COCc1c(Br)cccc1NC1CCN(C)C1. The summed E-state index contributed by atoms with van der Waals surface area (Å²) in [6.07, 6.45) is 1.20. The number of methoxy groups -OCH3 is 1. The van der Waals surface area contributed by atoms with Gasteiger partial charge in [-0.3, -0.25) is 0 Å². The Hall–Kier alpha value is -0.580. The Morgan fingerprint density at radius 3 is 3.00 bits per heavy atom. The second kappa shape index (κ2) is 5.85. The van der Waals surface area contributed by atoms with Gasteiger partial charge >= 0.3 is 0 Å². The zero-order valence-corrected chi connectivity index (χ0v) is 12.0. The van der Waals surface area contributed by atoms with E-state index in [4.69, 9.17) is 4.74 Å². The highest BCUT2D eigenvalue weighted by Crippen LogP contribution is 2.27. The van der Waals surface area contributed by atoms with E-state index in [9.17, 15) is 0 Å². The third-order valence-electron chi connectivity index (χ3n) is 3.16. The van der Waals surface area contributed by atoms with Crippen molar-refractivity contribution in [2.24, 2.45) is 0 Å². The minimum Gasteiger partial charge on any atom is -0.381 e. The van der Waals surface area contributed by atoms with Crippen molar-refractivity contribution in [2.75, 3.05) is 32.6 Å². The summed E-state index contributed by atoms with van der Waals surface area (Å²) in [5.41, 5.74) is 2.38. The average Bonchev–Trinajstić information content (AvgIpc) is 2.69. The predicted molar refractivity (Wildman–Crippen MR) is 74.4 cm³/mol. The smallest absolute Gasteiger partial charge is 0.0744 e. The number of hydrogen-bond acceptors (Lipinski definition) is 3. The molecule has 0 amide bonds. The normalized spacial score (nSPS) is 20.8. The summed E-state index contributed by atoms with van der Waals surface area (Å²) in [4.78, 5) is 2.35. The highest BCUT2D eigenvalue weighted by molar-refractivity contribution is 9.10. The Kier molecular flexibility index (Phi) is 4.42. The number of hydrogen-bond donors (Lipinski definition) is 1. The molecule has 2 rings (SSSR count). The van der Waals surface area contributed by atoms with E-state index in [0.29, 0.717) is 12.6 Å². The summed E-state index contributed by atoms with van der Waals surface area (Å²) in [6, 6.07) is 6.78. The summed E-state index contributed by atoms with van der Waals surface area (Å²) >= 11 is 3.58. The molecule has 0 bridgehead atoms. The average molecular weight is 299 g/mol. The number of nitrogens with zero attached hydrogens (tertiary/aromatic N) is 1. The predicted octanol–water partition coefficient (Wildman–Crippen LogP) is 2.71. The number of anilines is 1. The quantitative estimate of drug-likeness (QED) is 0.925. The van der Waals surface area contributed by atoms with Gasteiger partial charge < -0.3 is 15.0 Å². The summed E-state index contributed by atoms with van der Waals surface area (Å²) in [6.45, 7) is 2.91. The molecule has 94 valence electrons. The molecule has 0 saturated carbocycles. The van der Waals surface area contributed by atoms with Crippen molar-refractivity contribution in [3.8, 4) is 0 Å². The zero-order valence-electron chi connectivity index (χ0n) is 10.4. The summed E-state index contributed by atoms with van der Waals surface area (Å²) < 4.78 is 6.36. The molecule has 1 aromatic rings. The molecule has 1 saturated heterocycles. The van der Waals surface area contributed by atoms with Gasteiger partial charge in [-0.05, 0) is 32.1 Å². The van der Waals surface area contributed by atoms with Crippen molar-refractivity contribution in [3.05, 3.63) is 28.2 Å². The molecule has 17 heavy (non-hydrogen) atoms. The number of benzene rings is 1. The van der Waals surface area contributed by atoms with Gasteiger partial charge in [0.2, 0.25) is 0 Å². The Balaban J connectivity index is 2.11. The lowest BCUT2D eigenvalue weighted by Gasteiger charge is -2.18. The lowest BCUT2D eigenvalue weighted by atomic mass is 10.1. The third-order valence-corrected chi connectivity index (χ3v) is 3.90. The summed E-state index contributed by atoms with van der Waals surface area (Å²) in [5, 5.41) is 3.61. The van der Waals surface area contributed by atoms with E-state index in [1.807, 2.05) is 0 Å². The fourth-order valence-electron chi connectivity index (χ4n) is 2.26. The van der Waals surface area contributed by atoms with Crippen molar-refractivity contribution in [2.45, 2.75) is 19.1 Å². The van der Waals surface area contributed by atoms with Gasteiger partial charge in [-0.2, -0.15) is 0 Å². The van der Waals surface area contributed by atoms with E-state index in [-0.39, 0.29) is 0 Å². The van der Waals surface area contributed by atoms with Crippen molar-refractivity contribution in [3.63, 3.8) is 0 Å². The van der Waals surface area contributed by atoms with Crippen LogP contribution in [0.3, 0.4) is 0 Å². The summed E-state index contributed by atoms with van der Waals surface area (Å²) in [5.74, 6) is 0. The van der Waals surface area contributed by atoms with E-state index in [2.05, 4.69) is 51.4 Å². The number of halogens is 1. The molecule has 0 aromatic heterocycles. The van der Waals surface area contributed by atoms with E-state index < -0.39 is 0 Å². The van der Waals surface area contributed by atoms with Gasteiger partial charge in [0, 0.05) is 35.4 Å². The standard InChI is InChI=1S/C13H19BrN2O/c1-16-7-6-10(8-16)15-13-5-3-4-12(14)11(13)9-17-2/h3-5,10,15H,6-9H2,1-2H3. The van der Waals surface area contributed by atoms with E-state index in [1.165, 1.54) is 24.2 Å². The monoisotopic (exact) mass is 298 g/mol. The van der Waals surface area contributed by atoms with Gasteiger partial charge in [0.25, 0.3) is 0 Å². The van der Waals surface area contributed by atoms with Crippen LogP contribution in [0, 0.1) is 0 Å². The van der Waals surface area contributed by atoms with Crippen LogP contribution in [-0.4, -0.2) is 38.2 Å². The van der Waals surface area contributed by atoms with Crippen LogP contribution in [0.25, 0.3) is 0 Å². The van der Waals surface area contributed by atoms with E-state index >= 15 is 0 Å². The molecule has 0 spiro atoms. The Labute approximate surface area is 111 Å². The Bertz CT molecular complexity index is 384. The van der Waals surface area contributed by atoms with Crippen LogP contribution < -0.4 is 5.32 Å². The first kappa shape index (κ1) is 12.9. The fraction of sp³-hybridized carbons (Fsp3) is 0.538. The minimum atomic E-state index is 0.546. The second-order valence-corrected chi connectivity index (χ2v) is 5.45. The molecule has 1 N–H and O–H groups in total. The topological polar surface area (TPSA) is 24.5 Å². The molecule has 3 nitrogen and oxygen atoms in total. The van der Waals surface area contributed by atoms with Crippen molar-refractivity contribution < 1.29 is 4.74 Å². The third kappa shape index (κ3) is 3.21. The fourth-order valence-corrected chi connectivity index (χ4v) is 2.74. The molecule has 1 aliphatic rings. The van der Waals surface area contributed by atoms with Crippen molar-refractivity contribution in [1.82, 2.24) is 4.90 Å². The Morgan fingerprint density at radius 1 is 1.53 bits per heavy atom. The molecule has 4 heteroatoms. The van der Waals surface area contributed by atoms with E-state index in [0.717, 1.165) is 11.0 Å². The first-order chi connectivity index (χ1) is 8.20. The van der Waals surface area contributed by atoms with Crippen LogP contribution in [0.1, 0.15) is 12.0 Å². The molecule has 1 atom stereocenters. The number of likely N-dealkylation sites (tertiary alicyclic amines) is 1. The number of rotatable bonds is 4. The summed E-state index contributed by atoms with van der Waals surface area (Å²) in [7, 11) is 3.89. The minimum absolute atomic E-state index is 0.546. The lowest BCUT2D eigenvalue weighted by Crippen LogP contribution is -2.24. The zero-order chi connectivity index (χ0) is 12.3. The molecular formula is C13H19BrN2O. The second-order valence-electron chi connectivity index (χ2n) is 4.59. The highest BCUT2D eigenvalue weighted by atomic mass is 79.9. The lowest BCUT2D eigenvalue weighted by molar-refractivity contribution is 0.185. The maximum atomic E-state index is 5.25. The first-order valence-electron chi connectivity index (χ1n) is 5.92. The van der Waals surface area contributed by atoms with Gasteiger partial charge in [-0.1, -0.05) is 22.0 Å². The molecule has 0 radical (unpaired) electrons. The molecule has 1 fully saturated rings. The van der Waals surface area contributed by atoms with Crippen LogP contribution in [0.5, 0.6) is 0 Å². The van der Waals surface area contributed by atoms with Gasteiger partial charge in [-0.15, -0.1) is 0 Å². The van der Waals surface area contributed by atoms with Gasteiger partial charge in [0.15, 0.2) is 0 Å². The molecule has 1 unspecified atom stereocenters. The van der Waals surface area contributed by atoms with Crippen molar-refractivity contribution in [1.29, 1.82) is 0 Å². The van der Waals surface area contributed by atoms with E-state index in [1.54, 1.807) is 7.11 Å². The maximum absolute atomic E-state index is 5.25. The molecular weight excluding hydrogens is 280 g/mol. The Morgan fingerprint density at radius 2 is 2.35 bits per heavy atom. The molecule has 1 aliphatic heterocycles. The van der Waals surface area contributed by atoms with Crippen LogP contribution in [0.2, 0.25) is 0 Å². The molecule has 1 aromatic carbocycles. The molecule has 0 aliphatic carbocycles. The highest BCUT2D eigenvalue weighted by Gasteiger charge is 2.20. The largest absolute Gasteiger partial charge is 0.381 e.